The monoisotopic (exact) mass is 294 g/mol. The Balaban J connectivity index is 1.67. The molecule has 3 nitrogen and oxygen atoms in total. The number of rotatable bonds is 4. The number of hydrogen-bond acceptors (Lipinski definition) is 3. The summed E-state index contributed by atoms with van der Waals surface area (Å²) in [6, 6.07) is 6.61. The summed E-state index contributed by atoms with van der Waals surface area (Å²) < 4.78 is 5.67. The lowest BCUT2D eigenvalue weighted by molar-refractivity contribution is 0.242. The van der Waals surface area contributed by atoms with E-state index in [0.717, 1.165) is 17.4 Å². The van der Waals surface area contributed by atoms with E-state index in [9.17, 15) is 0 Å². The first-order chi connectivity index (χ1) is 9.61. The van der Waals surface area contributed by atoms with Crippen LogP contribution in [-0.2, 0) is 0 Å². The molecule has 3 atom stereocenters. The molecule has 110 valence electrons. The van der Waals surface area contributed by atoms with Crippen LogP contribution in [0.15, 0.2) is 18.2 Å². The zero-order valence-corrected chi connectivity index (χ0v) is 13.0. The van der Waals surface area contributed by atoms with E-state index in [4.69, 9.17) is 16.3 Å². The fourth-order valence-electron chi connectivity index (χ4n) is 3.30. The maximum atomic E-state index is 6.30. The molecule has 0 spiro atoms. The van der Waals surface area contributed by atoms with E-state index < -0.39 is 0 Å². The van der Waals surface area contributed by atoms with Crippen molar-refractivity contribution in [3.8, 4) is 5.75 Å². The molecule has 4 heteroatoms. The van der Waals surface area contributed by atoms with Crippen molar-refractivity contribution < 1.29 is 4.74 Å². The minimum atomic E-state index is 0.147. The SMILES string of the molecule is CC(C)Oc1ccc(NC2CCN3CCC2C3)cc1Cl. The van der Waals surface area contributed by atoms with E-state index in [2.05, 4.69) is 16.3 Å². The summed E-state index contributed by atoms with van der Waals surface area (Å²) in [5.74, 6) is 1.55. The molecule has 2 saturated heterocycles. The Bertz CT molecular complexity index is 478. The Morgan fingerprint density at radius 3 is 2.85 bits per heavy atom. The zero-order chi connectivity index (χ0) is 14.1. The Kier molecular flexibility index (Phi) is 4.08. The second-order valence-corrected chi connectivity index (χ2v) is 6.61. The number of anilines is 1. The van der Waals surface area contributed by atoms with Crippen molar-refractivity contribution in [3.63, 3.8) is 0 Å². The quantitative estimate of drug-likeness (QED) is 0.918. The average molecular weight is 295 g/mol. The van der Waals surface area contributed by atoms with Gasteiger partial charge in [0.05, 0.1) is 11.1 Å². The molecule has 20 heavy (non-hydrogen) atoms. The van der Waals surface area contributed by atoms with Crippen molar-refractivity contribution in [1.29, 1.82) is 0 Å². The highest BCUT2D eigenvalue weighted by Gasteiger charge is 2.34. The predicted molar refractivity (Wildman–Crippen MR) is 83.8 cm³/mol. The van der Waals surface area contributed by atoms with Crippen LogP contribution in [0.2, 0.25) is 5.02 Å². The van der Waals surface area contributed by atoms with Crippen molar-refractivity contribution in [2.24, 2.45) is 5.92 Å². The van der Waals surface area contributed by atoms with E-state index in [-0.39, 0.29) is 6.10 Å². The van der Waals surface area contributed by atoms with Gasteiger partial charge in [-0.3, -0.25) is 0 Å². The van der Waals surface area contributed by atoms with Gasteiger partial charge in [0.25, 0.3) is 0 Å². The number of piperidine rings is 1. The zero-order valence-electron chi connectivity index (χ0n) is 12.2. The molecule has 0 aliphatic carbocycles. The third-order valence-corrected chi connectivity index (χ3v) is 4.58. The summed E-state index contributed by atoms with van der Waals surface area (Å²) in [4.78, 5) is 2.56. The number of ether oxygens (including phenoxy) is 1. The Morgan fingerprint density at radius 1 is 1.30 bits per heavy atom. The molecule has 1 aromatic rings. The van der Waals surface area contributed by atoms with Gasteiger partial charge in [-0.2, -0.15) is 0 Å². The first-order valence-electron chi connectivity index (χ1n) is 7.57. The van der Waals surface area contributed by atoms with Crippen molar-refractivity contribution >= 4 is 17.3 Å². The molecule has 1 aromatic carbocycles. The number of benzene rings is 1. The molecule has 0 radical (unpaired) electrons. The van der Waals surface area contributed by atoms with E-state index in [0.29, 0.717) is 11.1 Å². The van der Waals surface area contributed by atoms with Gasteiger partial charge in [0.15, 0.2) is 0 Å². The van der Waals surface area contributed by atoms with Crippen LogP contribution in [0, 0.1) is 5.92 Å². The number of hydrogen-bond donors (Lipinski definition) is 1. The molecule has 2 fully saturated rings. The molecule has 0 saturated carbocycles. The van der Waals surface area contributed by atoms with E-state index >= 15 is 0 Å². The van der Waals surface area contributed by atoms with Gasteiger partial charge >= 0.3 is 0 Å². The van der Waals surface area contributed by atoms with Gasteiger partial charge in [-0.05, 0) is 57.4 Å². The second kappa shape index (κ2) is 5.82. The molecule has 3 unspecified atom stereocenters. The van der Waals surface area contributed by atoms with E-state index in [1.54, 1.807) is 0 Å². The lowest BCUT2D eigenvalue weighted by atomic mass is 9.94. The molecule has 0 amide bonds. The molecule has 1 N–H and O–H groups in total. The summed E-state index contributed by atoms with van der Waals surface area (Å²) in [6.45, 7) is 7.76. The largest absolute Gasteiger partial charge is 0.489 e. The lowest BCUT2D eigenvalue weighted by Crippen LogP contribution is -2.39. The molecular weight excluding hydrogens is 272 g/mol. The first kappa shape index (κ1) is 14.0. The molecule has 2 bridgehead atoms. The van der Waals surface area contributed by atoms with Crippen LogP contribution in [-0.4, -0.2) is 36.7 Å². The van der Waals surface area contributed by atoms with Crippen LogP contribution in [0.25, 0.3) is 0 Å². The highest BCUT2D eigenvalue weighted by atomic mass is 35.5. The van der Waals surface area contributed by atoms with E-state index in [1.807, 2.05) is 26.0 Å². The van der Waals surface area contributed by atoms with Crippen LogP contribution in [0.5, 0.6) is 5.75 Å². The van der Waals surface area contributed by atoms with Gasteiger partial charge in [0.1, 0.15) is 5.75 Å². The molecule has 2 heterocycles. The van der Waals surface area contributed by atoms with Crippen LogP contribution in [0.3, 0.4) is 0 Å². The number of halogens is 1. The van der Waals surface area contributed by atoms with Crippen LogP contribution < -0.4 is 10.1 Å². The lowest BCUT2D eigenvalue weighted by Gasteiger charge is -2.31. The van der Waals surface area contributed by atoms with Crippen LogP contribution in [0.1, 0.15) is 26.7 Å². The van der Waals surface area contributed by atoms with Crippen LogP contribution in [0.4, 0.5) is 5.69 Å². The normalized spacial score (nSPS) is 28.7. The maximum Gasteiger partial charge on any atom is 0.138 e. The van der Waals surface area contributed by atoms with Crippen molar-refractivity contribution in [2.45, 2.75) is 38.8 Å². The first-order valence-corrected chi connectivity index (χ1v) is 7.94. The Labute approximate surface area is 126 Å². The Hall–Kier alpha value is -0.930. The van der Waals surface area contributed by atoms with Crippen molar-refractivity contribution in [2.75, 3.05) is 25.0 Å². The highest BCUT2D eigenvalue weighted by Crippen LogP contribution is 2.32. The standard InChI is InChI=1S/C16H23ClN2O/c1-11(2)20-16-4-3-13(9-14(16)17)18-15-6-8-19-7-5-12(15)10-19/h3-4,9,11-12,15,18H,5-8,10H2,1-2H3. The molecule has 0 aromatic heterocycles. The average Bonchev–Trinajstić information content (AvgIpc) is 2.79. The summed E-state index contributed by atoms with van der Waals surface area (Å²) in [7, 11) is 0. The number of nitrogens with zero attached hydrogens (tertiary/aromatic N) is 1. The summed E-state index contributed by atoms with van der Waals surface area (Å²) >= 11 is 6.30. The smallest absolute Gasteiger partial charge is 0.138 e. The van der Waals surface area contributed by atoms with Gasteiger partial charge in [0.2, 0.25) is 0 Å². The third-order valence-electron chi connectivity index (χ3n) is 4.28. The minimum absolute atomic E-state index is 0.147. The molecule has 3 rings (SSSR count). The van der Waals surface area contributed by atoms with E-state index in [1.165, 1.54) is 32.5 Å². The second-order valence-electron chi connectivity index (χ2n) is 6.20. The summed E-state index contributed by atoms with van der Waals surface area (Å²) in [6.07, 6.45) is 2.70. The minimum Gasteiger partial charge on any atom is -0.489 e. The number of fused-ring (bicyclic) bond motifs is 2. The predicted octanol–water partition coefficient (Wildman–Crippen LogP) is 3.63. The van der Waals surface area contributed by atoms with Gasteiger partial charge < -0.3 is 15.0 Å². The van der Waals surface area contributed by atoms with Gasteiger partial charge in [0, 0.05) is 24.8 Å². The summed E-state index contributed by atoms with van der Waals surface area (Å²) in [5, 5.41) is 4.35. The topological polar surface area (TPSA) is 24.5 Å². The maximum absolute atomic E-state index is 6.30. The van der Waals surface area contributed by atoms with Crippen molar-refractivity contribution in [3.05, 3.63) is 23.2 Å². The fraction of sp³-hybridized carbons (Fsp3) is 0.625. The fourth-order valence-corrected chi connectivity index (χ4v) is 3.52. The molecule has 2 aliphatic heterocycles. The van der Waals surface area contributed by atoms with Gasteiger partial charge in [-0.1, -0.05) is 11.6 Å². The summed E-state index contributed by atoms with van der Waals surface area (Å²) in [5.41, 5.74) is 1.11. The van der Waals surface area contributed by atoms with Gasteiger partial charge in [-0.25, -0.2) is 0 Å². The number of nitrogens with one attached hydrogen (secondary N) is 1. The third kappa shape index (κ3) is 3.04. The van der Waals surface area contributed by atoms with Gasteiger partial charge in [-0.15, -0.1) is 0 Å². The van der Waals surface area contributed by atoms with Crippen LogP contribution >= 0.6 is 11.6 Å². The highest BCUT2D eigenvalue weighted by molar-refractivity contribution is 6.32. The molecule has 2 aliphatic rings. The van der Waals surface area contributed by atoms with Crippen molar-refractivity contribution in [1.82, 2.24) is 4.90 Å². The Morgan fingerprint density at radius 2 is 2.10 bits per heavy atom. The molecular formula is C16H23ClN2O.